The molecule has 8 heteroatoms. The van der Waals surface area contributed by atoms with Gasteiger partial charge in [-0.25, -0.2) is 0 Å². The Balaban J connectivity index is 2.02. The van der Waals surface area contributed by atoms with Crippen molar-refractivity contribution in [1.82, 2.24) is 0 Å². The lowest BCUT2D eigenvalue weighted by molar-refractivity contribution is -0.677. The van der Waals surface area contributed by atoms with Gasteiger partial charge in [-0.05, 0) is 24.5 Å². The molecule has 0 fully saturated rings. The number of aromatic hydroxyl groups is 1. The number of benzene rings is 5. The van der Waals surface area contributed by atoms with Crippen LogP contribution in [0.2, 0.25) is 0 Å². The zero-order valence-corrected chi connectivity index (χ0v) is 23.8. The van der Waals surface area contributed by atoms with Crippen LogP contribution in [0.15, 0.2) is 21.7 Å². The summed E-state index contributed by atoms with van der Waals surface area (Å²) in [4.78, 5) is 27.3. The highest BCUT2D eigenvalue weighted by atomic mass is 16.5. The predicted octanol–water partition coefficient (Wildman–Crippen LogP) is 3.70. The molecule has 0 unspecified atom stereocenters. The van der Waals surface area contributed by atoms with Crippen molar-refractivity contribution >= 4 is 59.6 Å². The Labute approximate surface area is 234 Å². The van der Waals surface area contributed by atoms with Gasteiger partial charge in [-0.1, -0.05) is 18.9 Å². The van der Waals surface area contributed by atoms with Gasteiger partial charge >= 0.3 is 0 Å². The van der Waals surface area contributed by atoms with Crippen LogP contribution in [-0.4, -0.2) is 26.4 Å². The fraction of sp³-hybridized carbons (Fsp3) is 0.303. The van der Waals surface area contributed by atoms with Gasteiger partial charge in [-0.2, -0.15) is 4.57 Å². The summed E-state index contributed by atoms with van der Waals surface area (Å²) in [6, 6.07) is 2.66. The molecule has 1 aromatic heterocycles. The number of phenols is 1. The summed E-state index contributed by atoms with van der Waals surface area (Å²) in [7, 11) is 4.41. The molecule has 1 aliphatic carbocycles. The Morgan fingerprint density at radius 1 is 0.829 bits per heavy atom. The van der Waals surface area contributed by atoms with E-state index in [0.29, 0.717) is 56.4 Å². The molecule has 41 heavy (non-hydrogen) atoms. The van der Waals surface area contributed by atoms with Gasteiger partial charge in [0.1, 0.15) is 18.0 Å². The van der Waals surface area contributed by atoms with Crippen molar-refractivity contribution in [2.24, 2.45) is 0 Å². The summed E-state index contributed by atoms with van der Waals surface area (Å²) >= 11 is 0. The Kier molecular flexibility index (Phi) is 5.24. The van der Waals surface area contributed by atoms with Crippen LogP contribution in [-0.2, 0) is 13.0 Å². The number of rotatable bonds is 6. The average molecular weight is 552 g/mol. The first-order valence-corrected chi connectivity index (χ1v) is 13.8. The number of aromatic nitrogens is 1. The average Bonchev–Trinajstić information content (AvgIpc) is 3.16. The van der Waals surface area contributed by atoms with Gasteiger partial charge in [0.25, 0.3) is 0 Å². The SMILES string of the molecule is CCCC[n+]1c(C)c2c3c4c5c(c(OC)c(O)c6c(=O)cc(OC)c(c7c(OC)cc(=O)c(c([O-])c31)c74)c65)CC=2C. The van der Waals surface area contributed by atoms with Crippen molar-refractivity contribution in [1.29, 1.82) is 0 Å². The van der Waals surface area contributed by atoms with E-state index in [1.807, 2.05) is 13.8 Å². The maximum atomic E-state index is 14.5. The number of methoxy groups -OCH3 is 3. The topological polar surface area (TPSA) is 109 Å². The maximum Gasteiger partial charge on any atom is 0.207 e. The number of hydrogen-bond acceptors (Lipinski definition) is 7. The second-order valence-electron chi connectivity index (χ2n) is 11.0. The van der Waals surface area contributed by atoms with Crippen molar-refractivity contribution < 1.29 is 29.0 Å². The maximum absolute atomic E-state index is 14.5. The highest BCUT2D eigenvalue weighted by molar-refractivity contribution is 6.42. The number of aryl methyl sites for hydroxylation is 1. The zero-order chi connectivity index (χ0) is 29.1. The summed E-state index contributed by atoms with van der Waals surface area (Å²) in [5, 5.41) is 31.3. The molecule has 7 rings (SSSR count). The third-order valence-corrected chi connectivity index (χ3v) is 9.00. The van der Waals surface area contributed by atoms with Gasteiger partial charge in [0.15, 0.2) is 28.1 Å². The molecule has 1 aliphatic rings. The van der Waals surface area contributed by atoms with Crippen LogP contribution in [0.4, 0.5) is 0 Å². The first-order chi connectivity index (χ1) is 19.7. The zero-order valence-electron chi connectivity index (χ0n) is 23.8. The van der Waals surface area contributed by atoms with E-state index in [2.05, 4.69) is 11.5 Å². The van der Waals surface area contributed by atoms with Crippen LogP contribution >= 0.6 is 0 Å². The quantitative estimate of drug-likeness (QED) is 0.191. The molecule has 0 amide bonds. The minimum atomic E-state index is -0.428. The van der Waals surface area contributed by atoms with Crippen molar-refractivity contribution in [3.63, 3.8) is 0 Å². The van der Waals surface area contributed by atoms with Crippen LogP contribution in [0.1, 0.15) is 37.9 Å². The van der Waals surface area contributed by atoms with E-state index in [9.17, 15) is 19.8 Å². The van der Waals surface area contributed by atoms with E-state index in [4.69, 9.17) is 14.2 Å². The van der Waals surface area contributed by atoms with E-state index in [1.54, 1.807) is 0 Å². The van der Waals surface area contributed by atoms with Gasteiger partial charge in [-0.3, -0.25) is 9.59 Å². The number of fused-ring (bicyclic) bond motifs is 1. The first kappa shape index (κ1) is 25.4. The van der Waals surface area contributed by atoms with Gasteiger partial charge < -0.3 is 24.4 Å². The number of nitrogens with zero attached hydrogens (tertiary/aromatic N) is 1. The first-order valence-electron chi connectivity index (χ1n) is 13.8. The molecular weight excluding hydrogens is 522 g/mol. The van der Waals surface area contributed by atoms with Crippen molar-refractivity contribution in [2.75, 3.05) is 21.3 Å². The Bertz CT molecular complexity index is 2310. The predicted molar refractivity (Wildman–Crippen MR) is 157 cm³/mol. The van der Waals surface area contributed by atoms with Crippen LogP contribution in [0.3, 0.4) is 0 Å². The summed E-state index contributed by atoms with van der Waals surface area (Å²) in [6.45, 7) is 6.78. The molecule has 0 saturated heterocycles. The van der Waals surface area contributed by atoms with E-state index in [-0.39, 0.29) is 39.5 Å². The van der Waals surface area contributed by atoms with E-state index in [1.165, 1.54) is 33.5 Å². The van der Waals surface area contributed by atoms with Crippen LogP contribution < -0.4 is 40.0 Å². The molecular formula is C33H29NO7. The second-order valence-corrected chi connectivity index (χ2v) is 11.0. The lowest BCUT2D eigenvalue weighted by atomic mass is 9.84. The molecule has 5 aromatic carbocycles. The van der Waals surface area contributed by atoms with Gasteiger partial charge in [0, 0.05) is 63.4 Å². The van der Waals surface area contributed by atoms with Gasteiger partial charge in [0.2, 0.25) is 5.52 Å². The van der Waals surface area contributed by atoms with Crippen LogP contribution in [0, 0.1) is 6.92 Å². The lowest BCUT2D eigenvalue weighted by Crippen LogP contribution is -2.38. The smallest absolute Gasteiger partial charge is 0.207 e. The van der Waals surface area contributed by atoms with Crippen molar-refractivity contribution in [3.8, 4) is 28.7 Å². The molecule has 0 atom stereocenters. The third kappa shape index (κ3) is 2.87. The standard InChI is InChI=1S/C33H29NO7/c1-7-8-9-34-14(3)20-13(2)10-15-21-26-23(32(38)33(15)41-6)17(36)12-18(39-4)24(26)25-19(40-5)11-16(35)22-28(25)27(21)29(20)30(34)31(22)37/h11-12H,7-10H2,1-6H3,(H-,35,36,37,38). The molecule has 0 radical (unpaired) electrons. The number of phenolic OH excluding ortho intramolecular Hbond substituents is 1. The third-order valence-electron chi connectivity index (χ3n) is 9.00. The molecule has 8 nitrogen and oxygen atoms in total. The summed E-state index contributed by atoms with van der Waals surface area (Å²) in [5.41, 5.74) is 2.28. The molecule has 6 aromatic rings. The molecule has 1 heterocycles. The summed E-state index contributed by atoms with van der Waals surface area (Å²) in [5.74, 6) is 0.191. The minimum Gasteiger partial charge on any atom is -0.867 e. The Morgan fingerprint density at radius 2 is 1.41 bits per heavy atom. The summed E-state index contributed by atoms with van der Waals surface area (Å²) in [6.07, 6.45) is 2.23. The Morgan fingerprint density at radius 3 is 2.00 bits per heavy atom. The minimum absolute atomic E-state index is 0.0784. The van der Waals surface area contributed by atoms with E-state index < -0.39 is 10.9 Å². The van der Waals surface area contributed by atoms with E-state index >= 15 is 0 Å². The normalized spacial score (nSPS) is 13.2. The molecule has 208 valence electrons. The van der Waals surface area contributed by atoms with Gasteiger partial charge in [0.05, 0.1) is 37.3 Å². The van der Waals surface area contributed by atoms with Gasteiger partial charge in [-0.15, -0.1) is 0 Å². The fourth-order valence-corrected chi connectivity index (χ4v) is 7.42. The molecule has 0 bridgehead atoms. The number of unbranched alkanes of at least 4 members (excludes halogenated alkanes) is 1. The molecule has 1 N–H and O–H groups in total. The fourth-order valence-electron chi connectivity index (χ4n) is 7.42. The molecule has 0 aliphatic heterocycles. The largest absolute Gasteiger partial charge is 0.867 e. The van der Waals surface area contributed by atoms with Crippen molar-refractivity contribution in [2.45, 2.75) is 46.6 Å². The highest BCUT2D eigenvalue weighted by Gasteiger charge is 2.35. The van der Waals surface area contributed by atoms with Crippen LogP contribution in [0.25, 0.3) is 59.6 Å². The number of hydrogen-bond donors (Lipinski definition) is 1. The summed E-state index contributed by atoms with van der Waals surface area (Å²) < 4.78 is 19.3. The van der Waals surface area contributed by atoms with Crippen LogP contribution in [0.5, 0.6) is 28.7 Å². The Hall–Kier alpha value is -4.59. The molecule has 0 spiro atoms. The molecule has 0 saturated carbocycles. The second kappa shape index (κ2) is 8.46. The number of ether oxygens (including phenoxy) is 3. The highest BCUT2D eigenvalue weighted by Crippen LogP contribution is 2.54. The monoisotopic (exact) mass is 551 g/mol. The van der Waals surface area contributed by atoms with Crippen molar-refractivity contribution in [3.05, 3.63) is 49.1 Å². The van der Waals surface area contributed by atoms with E-state index in [0.717, 1.165) is 34.7 Å². The lowest BCUT2D eigenvalue weighted by Gasteiger charge is -2.23.